The van der Waals surface area contributed by atoms with Crippen molar-refractivity contribution in [3.05, 3.63) is 41.9 Å². The Morgan fingerprint density at radius 2 is 2.00 bits per heavy atom. The number of rotatable bonds is 11. The summed E-state index contributed by atoms with van der Waals surface area (Å²) in [6.45, 7) is 4.40. The van der Waals surface area contributed by atoms with Crippen molar-refractivity contribution in [2.45, 2.75) is 56.3 Å². The van der Waals surface area contributed by atoms with Crippen molar-refractivity contribution in [1.82, 2.24) is 4.90 Å². The van der Waals surface area contributed by atoms with E-state index in [4.69, 9.17) is 21.4 Å². The van der Waals surface area contributed by atoms with E-state index < -0.39 is 35.6 Å². The summed E-state index contributed by atoms with van der Waals surface area (Å²) in [5, 5.41) is 19.3. The van der Waals surface area contributed by atoms with E-state index in [2.05, 4.69) is 6.58 Å². The lowest BCUT2D eigenvalue weighted by atomic mass is 9.70. The number of anilines is 1. The van der Waals surface area contributed by atoms with Gasteiger partial charge in [-0.15, -0.1) is 6.58 Å². The van der Waals surface area contributed by atoms with E-state index in [1.165, 1.54) is 9.80 Å². The molecule has 2 N–H and O–H groups in total. The van der Waals surface area contributed by atoms with Gasteiger partial charge in [0, 0.05) is 19.7 Å². The van der Waals surface area contributed by atoms with Gasteiger partial charge >= 0.3 is 5.97 Å². The Morgan fingerprint density at radius 1 is 1.26 bits per heavy atom. The van der Waals surface area contributed by atoms with Crippen LogP contribution in [0.15, 0.2) is 36.9 Å². The van der Waals surface area contributed by atoms with Gasteiger partial charge in [-0.1, -0.05) is 42.7 Å². The predicted molar refractivity (Wildman–Crippen MR) is 127 cm³/mol. The van der Waals surface area contributed by atoms with Crippen LogP contribution in [0.1, 0.15) is 38.5 Å². The van der Waals surface area contributed by atoms with Gasteiger partial charge in [-0.25, -0.2) is 0 Å². The topological polar surface area (TPSA) is 107 Å². The first kappa shape index (κ1) is 24.7. The van der Waals surface area contributed by atoms with Gasteiger partial charge in [-0.3, -0.25) is 14.4 Å². The monoisotopic (exact) mass is 490 g/mol. The number of carbonyl (C=O) groups excluding carboxylic acids is 2. The number of nitrogens with zero attached hydrogens (tertiary/aromatic N) is 2. The van der Waals surface area contributed by atoms with E-state index >= 15 is 0 Å². The molecule has 8 nitrogen and oxygen atoms in total. The molecule has 2 bridgehead atoms. The number of carboxylic acid groups (broad SMARTS) is 1. The molecule has 3 fully saturated rings. The van der Waals surface area contributed by atoms with Crippen molar-refractivity contribution in [1.29, 1.82) is 0 Å². The van der Waals surface area contributed by atoms with Gasteiger partial charge < -0.3 is 24.7 Å². The molecule has 3 aliphatic heterocycles. The van der Waals surface area contributed by atoms with Gasteiger partial charge in [0.15, 0.2) is 0 Å². The van der Waals surface area contributed by atoms with E-state index in [0.29, 0.717) is 42.9 Å². The highest BCUT2D eigenvalue weighted by Crippen LogP contribution is 2.58. The number of carboxylic acids is 1. The normalized spacial score (nSPS) is 29.4. The van der Waals surface area contributed by atoms with Crippen LogP contribution in [-0.4, -0.2) is 70.3 Å². The maximum absolute atomic E-state index is 14.1. The number of aliphatic hydroxyl groups is 1. The zero-order valence-corrected chi connectivity index (χ0v) is 19.8. The minimum absolute atomic E-state index is 0.110. The van der Waals surface area contributed by atoms with Crippen LogP contribution < -0.4 is 4.90 Å². The van der Waals surface area contributed by atoms with Gasteiger partial charge in [0.25, 0.3) is 5.91 Å². The Kier molecular flexibility index (Phi) is 7.31. The molecule has 5 atom stereocenters. The molecule has 1 aromatic rings. The van der Waals surface area contributed by atoms with Crippen LogP contribution in [0.5, 0.6) is 0 Å². The van der Waals surface area contributed by atoms with Gasteiger partial charge in [0.2, 0.25) is 5.91 Å². The number of halogens is 1. The molecule has 0 radical (unpaired) electrons. The summed E-state index contributed by atoms with van der Waals surface area (Å²) in [6, 6.07) is 6.05. The third-order valence-electron chi connectivity index (χ3n) is 7.35. The molecule has 2 amide bonds. The summed E-state index contributed by atoms with van der Waals surface area (Å²) in [5.74, 6) is -3.57. The van der Waals surface area contributed by atoms with Crippen molar-refractivity contribution >= 4 is 35.1 Å². The number of unbranched alkanes of at least 4 members (excludes halogenated alkanes) is 3. The summed E-state index contributed by atoms with van der Waals surface area (Å²) in [5.41, 5.74) is -0.653. The number of hydrogen-bond donors (Lipinski definition) is 2. The smallest absolute Gasteiger partial charge is 0.310 e. The fourth-order valence-corrected chi connectivity index (χ4v) is 6.19. The van der Waals surface area contributed by atoms with E-state index in [0.717, 1.165) is 12.8 Å². The number of carbonyl (C=O) groups is 3. The van der Waals surface area contributed by atoms with E-state index in [9.17, 15) is 19.5 Å². The largest absolute Gasteiger partial charge is 0.481 e. The van der Waals surface area contributed by atoms with Gasteiger partial charge in [-0.05, 0) is 37.8 Å². The van der Waals surface area contributed by atoms with Crippen LogP contribution in [0.2, 0.25) is 5.02 Å². The van der Waals surface area contributed by atoms with Crippen LogP contribution >= 0.6 is 11.6 Å². The number of para-hydroxylation sites is 1. The summed E-state index contributed by atoms with van der Waals surface area (Å²) >= 11 is 6.42. The average Bonchev–Trinajstić information content (AvgIpc) is 3.45. The molecule has 2 unspecified atom stereocenters. The maximum Gasteiger partial charge on any atom is 0.310 e. The number of aliphatic carboxylic acids is 1. The average molecular weight is 491 g/mol. The molecule has 1 aromatic carbocycles. The first-order chi connectivity index (χ1) is 16.4. The van der Waals surface area contributed by atoms with Crippen molar-refractivity contribution in [3.63, 3.8) is 0 Å². The predicted octanol–water partition coefficient (Wildman–Crippen LogP) is 2.87. The lowest BCUT2D eigenvalue weighted by Crippen LogP contribution is -2.56. The van der Waals surface area contributed by atoms with Crippen molar-refractivity contribution in [2.24, 2.45) is 11.8 Å². The zero-order chi connectivity index (χ0) is 24.5. The number of ether oxygens (including phenoxy) is 1. The molecule has 4 rings (SSSR count). The molecule has 3 aliphatic rings. The van der Waals surface area contributed by atoms with Crippen LogP contribution in [0.25, 0.3) is 0 Å². The Bertz CT molecular complexity index is 970. The number of amides is 2. The molecule has 0 saturated carbocycles. The quantitative estimate of drug-likeness (QED) is 0.365. The van der Waals surface area contributed by atoms with Gasteiger partial charge in [0.05, 0.1) is 28.6 Å². The molecule has 184 valence electrons. The highest BCUT2D eigenvalue weighted by molar-refractivity contribution is 6.34. The molecular weight excluding hydrogens is 460 g/mol. The maximum atomic E-state index is 14.1. The zero-order valence-electron chi connectivity index (χ0n) is 19.1. The standard InChI is InChI=1S/C25H31ClN2O6/c1-2-13-27(17-10-6-5-9-16(17)26)23(31)21-25-12-11-18(34-25)19(24(32)33)20(25)22(30)28(21)14-7-3-4-8-15-29/h2,5-6,9-10,18-21,29H,1,3-4,7-8,11-15H2,(H,32,33)/t18-,19+,20-,21?,25?/m0/s1. The Hall–Kier alpha value is -2.42. The van der Waals surface area contributed by atoms with Crippen molar-refractivity contribution in [2.75, 3.05) is 24.6 Å². The molecule has 3 heterocycles. The lowest BCUT2D eigenvalue weighted by Gasteiger charge is -2.37. The second-order valence-electron chi connectivity index (χ2n) is 9.25. The lowest BCUT2D eigenvalue weighted by molar-refractivity contribution is -0.149. The SMILES string of the molecule is C=CCN(C(=O)C1N(CCCCCCO)C(=O)[C@@H]2[C@H](C(=O)O)[C@@H]3CCC12O3)c1ccccc1Cl. The first-order valence-corrected chi connectivity index (χ1v) is 12.2. The number of benzene rings is 1. The first-order valence-electron chi connectivity index (χ1n) is 11.9. The Labute approximate surface area is 204 Å². The van der Waals surface area contributed by atoms with Crippen LogP contribution in [0.4, 0.5) is 5.69 Å². The van der Waals surface area contributed by atoms with E-state index in [1.54, 1.807) is 30.3 Å². The third-order valence-corrected chi connectivity index (χ3v) is 7.67. The minimum atomic E-state index is -1.16. The second kappa shape index (κ2) is 10.1. The number of aliphatic hydroxyl groups excluding tert-OH is 1. The summed E-state index contributed by atoms with van der Waals surface area (Å²) in [7, 11) is 0. The molecule has 3 saturated heterocycles. The van der Waals surface area contributed by atoms with Crippen LogP contribution in [-0.2, 0) is 19.1 Å². The minimum Gasteiger partial charge on any atom is -0.481 e. The molecule has 1 spiro atoms. The summed E-state index contributed by atoms with van der Waals surface area (Å²) < 4.78 is 6.25. The fourth-order valence-electron chi connectivity index (χ4n) is 5.96. The van der Waals surface area contributed by atoms with E-state index in [1.807, 2.05) is 0 Å². The highest BCUT2D eigenvalue weighted by atomic mass is 35.5. The second-order valence-corrected chi connectivity index (χ2v) is 9.66. The fraction of sp³-hybridized carbons (Fsp3) is 0.560. The third kappa shape index (κ3) is 4.01. The van der Waals surface area contributed by atoms with Crippen molar-refractivity contribution in [3.8, 4) is 0 Å². The summed E-state index contributed by atoms with van der Waals surface area (Å²) in [6.07, 6.45) is 4.91. The van der Waals surface area contributed by atoms with Gasteiger partial charge in [0.1, 0.15) is 11.6 Å². The number of likely N-dealkylation sites (tertiary alicyclic amines) is 1. The van der Waals surface area contributed by atoms with Gasteiger partial charge in [-0.2, -0.15) is 0 Å². The van der Waals surface area contributed by atoms with Crippen LogP contribution in [0, 0.1) is 11.8 Å². The number of fused-ring (bicyclic) bond motifs is 1. The highest BCUT2D eigenvalue weighted by Gasteiger charge is 2.74. The molecule has 9 heteroatoms. The van der Waals surface area contributed by atoms with E-state index in [-0.39, 0.29) is 25.0 Å². The molecular formula is C25H31ClN2O6. The Balaban J connectivity index is 1.70. The van der Waals surface area contributed by atoms with Crippen molar-refractivity contribution < 1.29 is 29.3 Å². The molecule has 0 aliphatic carbocycles. The van der Waals surface area contributed by atoms with Crippen LogP contribution in [0.3, 0.4) is 0 Å². The molecule has 0 aromatic heterocycles. The Morgan fingerprint density at radius 3 is 2.68 bits per heavy atom. The molecule has 34 heavy (non-hydrogen) atoms. The number of hydrogen-bond acceptors (Lipinski definition) is 5. The summed E-state index contributed by atoms with van der Waals surface area (Å²) in [4.78, 5) is 42.9.